The third kappa shape index (κ3) is 2.05. The Hall–Kier alpha value is -2.04. The summed E-state index contributed by atoms with van der Waals surface area (Å²) >= 11 is 0. The third-order valence-corrected chi connectivity index (χ3v) is 3.85. The van der Waals surface area contributed by atoms with Crippen molar-refractivity contribution in [2.75, 3.05) is 23.9 Å². The molecule has 1 unspecified atom stereocenters. The highest BCUT2D eigenvalue weighted by Gasteiger charge is 2.36. The summed E-state index contributed by atoms with van der Waals surface area (Å²) in [5.41, 5.74) is 3.93. The molecule has 5 heteroatoms. The number of hydrogen-bond donors (Lipinski definition) is 1. The SMILES string of the molecule is Cc1ccc2c(c1C)N(C)C(=O)C(CC(=O)O)N2C. The number of amides is 1. The van der Waals surface area contributed by atoms with E-state index < -0.39 is 12.0 Å². The minimum atomic E-state index is -0.967. The Balaban J connectivity index is 2.54. The lowest BCUT2D eigenvalue weighted by atomic mass is 9.99. The van der Waals surface area contributed by atoms with E-state index in [1.54, 1.807) is 23.9 Å². The number of benzene rings is 1. The van der Waals surface area contributed by atoms with E-state index in [0.29, 0.717) is 0 Å². The van der Waals surface area contributed by atoms with Gasteiger partial charge >= 0.3 is 5.97 Å². The molecule has 0 spiro atoms. The molecule has 0 saturated heterocycles. The second kappa shape index (κ2) is 4.57. The van der Waals surface area contributed by atoms with Gasteiger partial charge in [-0.2, -0.15) is 0 Å². The maximum atomic E-state index is 12.3. The van der Waals surface area contributed by atoms with E-state index in [1.165, 1.54) is 0 Å². The fraction of sp³-hybridized carbons (Fsp3) is 0.429. The van der Waals surface area contributed by atoms with Crippen molar-refractivity contribution in [2.45, 2.75) is 26.3 Å². The predicted octanol–water partition coefficient (Wildman–Crippen LogP) is 1.56. The monoisotopic (exact) mass is 262 g/mol. The third-order valence-electron chi connectivity index (χ3n) is 3.85. The summed E-state index contributed by atoms with van der Waals surface area (Å²) in [6, 6.07) is 3.29. The van der Waals surface area contributed by atoms with Crippen LogP contribution in [0.5, 0.6) is 0 Å². The molecule has 1 aromatic carbocycles. The molecule has 19 heavy (non-hydrogen) atoms. The molecule has 0 fully saturated rings. The lowest BCUT2D eigenvalue weighted by molar-refractivity contribution is -0.139. The Kier molecular flexibility index (Phi) is 3.22. The van der Waals surface area contributed by atoms with Crippen LogP contribution < -0.4 is 9.80 Å². The lowest BCUT2D eigenvalue weighted by Gasteiger charge is -2.40. The molecule has 0 aliphatic carbocycles. The molecule has 1 aliphatic rings. The van der Waals surface area contributed by atoms with E-state index in [0.717, 1.165) is 22.5 Å². The first-order chi connectivity index (χ1) is 8.84. The second-order valence-electron chi connectivity index (χ2n) is 5.00. The molecule has 1 heterocycles. The molecule has 1 amide bonds. The van der Waals surface area contributed by atoms with Gasteiger partial charge in [-0.05, 0) is 31.0 Å². The number of aryl methyl sites for hydroxylation is 1. The molecule has 1 aromatic rings. The van der Waals surface area contributed by atoms with Gasteiger partial charge in [0.05, 0.1) is 17.8 Å². The van der Waals surface area contributed by atoms with Crippen LogP contribution in [0.3, 0.4) is 0 Å². The number of anilines is 2. The van der Waals surface area contributed by atoms with Gasteiger partial charge in [-0.1, -0.05) is 6.07 Å². The average molecular weight is 262 g/mol. The normalized spacial score (nSPS) is 18.5. The number of likely N-dealkylation sites (N-methyl/N-ethyl adjacent to an activating group) is 2. The lowest BCUT2D eigenvalue weighted by Crippen LogP contribution is -2.51. The van der Waals surface area contributed by atoms with Crippen molar-refractivity contribution in [2.24, 2.45) is 0 Å². The molecular weight excluding hydrogens is 244 g/mol. The van der Waals surface area contributed by atoms with E-state index in [2.05, 4.69) is 0 Å². The first-order valence-electron chi connectivity index (χ1n) is 6.17. The smallest absolute Gasteiger partial charge is 0.305 e. The summed E-state index contributed by atoms with van der Waals surface area (Å²) < 4.78 is 0. The summed E-state index contributed by atoms with van der Waals surface area (Å²) in [5.74, 6) is -1.14. The molecule has 0 bridgehead atoms. The van der Waals surface area contributed by atoms with Gasteiger partial charge in [-0.3, -0.25) is 9.59 Å². The van der Waals surface area contributed by atoms with E-state index in [4.69, 9.17) is 5.11 Å². The largest absolute Gasteiger partial charge is 0.481 e. The summed E-state index contributed by atoms with van der Waals surface area (Å²) in [6.07, 6.45) is -0.188. The van der Waals surface area contributed by atoms with Gasteiger partial charge in [-0.15, -0.1) is 0 Å². The molecule has 0 aromatic heterocycles. The van der Waals surface area contributed by atoms with Crippen LogP contribution in [0.25, 0.3) is 0 Å². The van der Waals surface area contributed by atoms with Crippen LogP contribution in [0.2, 0.25) is 0 Å². The van der Waals surface area contributed by atoms with Gasteiger partial charge < -0.3 is 14.9 Å². The van der Waals surface area contributed by atoms with Crippen LogP contribution in [0.15, 0.2) is 12.1 Å². The standard InChI is InChI=1S/C14H18N2O3/c1-8-5-6-10-13(9(8)2)16(4)14(19)11(15(10)3)7-12(17)18/h5-6,11H,7H2,1-4H3,(H,17,18). The number of carboxylic acids is 1. The van der Waals surface area contributed by atoms with Gasteiger partial charge in [0.1, 0.15) is 6.04 Å². The number of rotatable bonds is 2. The first-order valence-corrected chi connectivity index (χ1v) is 6.17. The van der Waals surface area contributed by atoms with Gasteiger partial charge in [0, 0.05) is 14.1 Å². The fourth-order valence-electron chi connectivity index (χ4n) is 2.55. The summed E-state index contributed by atoms with van der Waals surface area (Å²) in [7, 11) is 3.47. The van der Waals surface area contributed by atoms with Crippen LogP contribution in [0.1, 0.15) is 17.5 Å². The van der Waals surface area contributed by atoms with Crippen LogP contribution in [0, 0.1) is 13.8 Å². The van der Waals surface area contributed by atoms with Gasteiger partial charge in [0.15, 0.2) is 0 Å². The maximum absolute atomic E-state index is 12.3. The number of carbonyl (C=O) groups is 2. The molecule has 1 aliphatic heterocycles. The van der Waals surface area contributed by atoms with Gasteiger partial charge in [0.2, 0.25) is 5.91 Å². The number of carbonyl (C=O) groups excluding carboxylic acids is 1. The topological polar surface area (TPSA) is 60.9 Å². The Morgan fingerprint density at radius 3 is 2.53 bits per heavy atom. The van der Waals surface area contributed by atoms with Crippen molar-refractivity contribution in [1.82, 2.24) is 0 Å². The number of carboxylic acid groups (broad SMARTS) is 1. The van der Waals surface area contributed by atoms with E-state index in [1.807, 2.05) is 26.0 Å². The molecule has 0 saturated carbocycles. The fourth-order valence-corrected chi connectivity index (χ4v) is 2.55. The van der Waals surface area contributed by atoms with Crippen molar-refractivity contribution < 1.29 is 14.7 Å². The summed E-state index contributed by atoms with van der Waals surface area (Å²) in [6.45, 7) is 3.97. The van der Waals surface area contributed by atoms with Crippen molar-refractivity contribution in [3.8, 4) is 0 Å². The molecule has 5 nitrogen and oxygen atoms in total. The van der Waals surface area contributed by atoms with Crippen molar-refractivity contribution in [3.05, 3.63) is 23.3 Å². The Bertz CT molecular complexity index is 554. The van der Waals surface area contributed by atoms with Crippen LogP contribution in [-0.4, -0.2) is 37.1 Å². The van der Waals surface area contributed by atoms with E-state index in [9.17, 15) is 9.59 Å². The van der Waals surface area contributed by atoms with Crippen LogP contribution >= 0.6 is 0 Å². The highest BCUT2D eigenvalue weighted by atomic mass is 16.4. The highest BCUT2D eigenvalue weighted by molar-refractivity contribution is 6.07. The molecular formula is C14H18N2O3. The Morgan fingerprint density at radius 2 is 1.95 bits per heavy atom. The van der Waals surface area contributed by atoms with Crippen LogP contribution in [-0.2, 0) is 9.59 Å². The number of hydrogen-bond acceptors (Lipinski definition) is 3. The zero-order valence-electron chi connectivity index (χ0n) is 11.6. The maximum Gasteiger partial charge on any atom is 0.305 e. The van der Waals surface area contributed by atoms with Gasteiger partial charge in [-0.25, -0.2) is 0 Å². The number of fused-ring (bicyclic) bond motifs is 1. The second-order valence-corrected chi connectivity index (χ2v) is 5.00. The van der Waals surface area contributed by atoms with Gasteiger partial charge in [0.25, 0.3) is 0 Å². The molecule has 0 radical (unpaired) electrons. The van der Waals surface area contributed by atoms with Crippen molar-refractivity contribution in [1.29, 1.82) is 0 Å². The zero-order valence-corrected chi connectivity index (χ0v) is 11.6. The van der Waals surface area contributed by atoms with Crippen molar-refractivity contribution in [3.63, 3.8) is 0 Å². The molecule has 1 N–H and O–H groups in total. The minimum absolute atomic E-state index is 0.175. The molecule has 102 valence electrons. The Labute approximate surface area is 112 Å². The zero-order chi connectivity index (χ0) is 14.3. The Morgan fingerprint density at radius 1 is 1.32 bits per heavy atom. The molecule has 2 rings (SSSR count). The summed E-state index contributed by atoms with van der Waals surface area (Å²) in [5, 5.41) is 8.94. The summed E-state index contributed by atoms with van der Waals surface area (Å²) in [4.78, 5) is 26.6. The quantitative estimate of drug-likeness (QED) is 0.878. The van der Waals surface area contributed by atoms with E-state index >= 15 is 0 Å². The van der Waals surface area contributed by atoms with E-state index in [-0.39, 0.29) is 12.3 Å². The minimum Gasteiger partial charge on any atom is -0.481 e. The average Bonchev–Trinajstić information content (AvgIpc) is 2.35. The van der Waals surface area contributed by atoms with Crippen molar-refractivity contribution >= 4 is 23.3 Å². The number of aliphatic carboxylic acids is 1. The highest BCUT2D eigenvalue weighted by Crippen LogP contribution is 2.38. The first kappa shape index (κ1) is 13.4. The number of nitrogens with zero attached hydrogens (tertiary/aromatic N) is 2. The van der Waals surface area contributed by atoms with Crippen LogP contribution in [0.4, 0.5) is 11.4 Å². The predicted molar refractivity (Wildman–Crippen MR) is 73.8 cm³/mol. The molecule has 1 atom stereocenters.